The number of benzene rings is 1. The fourth-order valence-corrected chi connectivity index (χ4v) is 4.38. The molecule has 1 aliphatic rings. The zero-order chi connectivity index (χ0) is 20.4. The highest BCUT2D eigenvalue weighted by molar-refractivity contribution is 8.00. The number of carbonyl (C=O) groups is 1. The molecule has 1 amide bonds. The zero-order valence-corrected chi connectivity index (χ0v) is 18.0. The number of rotatable bonds is 6. The molecule has 1 aliphatic heterocycles. The van der Waals surface area contributed by atoms with Gasteiger partial charge in [-0.25, -0.2) is 9.97 Å². The van der Waals surface area contributed by atoms with Gasteiger partial charge in [0.2, 0.25) is 18.6 Å². The van der Waals surface area contributed by atoms with Crippen LogP contribution in [0.5, 0.6) is 11.5 Å². The Kier molecular flexibility index (Phi) is 5.51. The molecule has 0 atom stereocenters. The molecule has 7 nitrogen and oxygen atoms in total. The molecular weight excluding hydrogens is 410 g/mol. The Labute approximate surface area is 176 Å². The van der Waals surface area contributed by atoms with Gasteiger partial charge in [-0.2, -0.15) is 0 Å². The maximum Gasteiger partial charge on any atom is 0.231 e. The lowest BCUT2D eigenvalue weighted by atomic mass is 9.94. The fourth-order valence-electron chi connectivity index (χ4n) is 2.64. The summed E-state index contributed by atoms with van der Waals surface area (Å²) in [5, 5.41) is 3.42. The van der Waals surface area contributed by atoms with Crippen molar-refractivity contribution in [3.8, 4) is 11.5 Å². The number of anilines is 1. The van der Waals surface area contributed by atoms with Crippen molar-refractivity contribution in [3.05, 3.63) is 47.8 Å². The van der Waals surface area contributed by atoms with Crippen LogP contribution < -0.4 is 14.8 Å². The van der Waals surface area contributed by atoms with E-state index >= 15 is 0 Å². The van der Waals surface area contributed by atoms with Gasteiger partial charge >= 0.3 is 0 Å². The van der Waals surface area contributed by atoms with Gasteiger partial charge in [-0.1, -0.05) is 38.2 Å². The summed E-state index contributed by atoms with van der Waals surface area (Å²) >= 11 is 3.01. The number of carbonyl (C=O) groups excluding carboxylic acids is 1. The van der Waals surface area contributed by atoms with Crippen LogP contribution in [0.15, 0.2) is 39.2 Å². The first-order valence-electron chi connectivity index (χ1n) is 9.09. The summed E-state index contributed by atoms with van der Waals surface area (Å²) in [6.45, 7) is 6.49. The van der Waals surface area contributed by atoms with E-state index in [4.69, 9.17) is 13.9 Å². The molecule has 0 aliphatic carbocycles. The van der Waals surface area contributed by atoms with E-state index in [0.29, 0.717) is 28.3 Å². The molecule has 0 saturated carbocycles. The van der Waals surface area contributed by atoms with Gasteiger partial charge in [0.15, 0.2) is 16.6 Å². The Hall–Kier alpha value is -2.52. The van der Waals surface area contributed by atoms with Gasteiger partial charge in [0.05, 0.1) is 28.8 Å². The van der Waals surface area contributed by atoms with Crippen LogP contribution in [0.1, 0.15) is 38.0 Å². The molecule has 3 heterocycles. The molecule has 152 valence electrons. The van der Waals surface area contributed by atoms with E-state index in [1.165, 1.54) is 11.3 Å². The molecule has 1 aromatic carbocycles. The average molecular weight is 432 g/mol. The third-order valence-corrected chi connectivity index (χ3v) is 6.26. The summed E-state index contributed by atoms with van der Waals surface area (Å²) in [6.07, 6.45) is 3.77. The predicted octanol–water partition coefficient (Wildman–Crippen LogP) is 4.63. The summed E-state index contributed by atoms with van der Waals surface area (Å²) in [5.41, 5.74) is 0.798. The second-order valence-corrected chi connectivity index (χ2v) is 9.86. The van der Waals surface area contributed by atoms with E-state index in [0.717, 1.165) is 15.5 Å². The first kappa shape index (κ1) is 19.8. The minimum atomic E-state index is -0.128. The Morgan fingerprint density at radius 2 is 2.03 bits per heavy atom. The Morgan fingerprint density at radius 3 is 2.83 bits per heavy atom. The second kappa shape index (κ2) is 8.08. The van der Waals surface area contributed by atoms with E-state index in [1.807, 2.05) is 18.2 Å². The average Bonchev–Trinajstić information content (AvgIpc) is 3.39. The standard InChI is InChI=1S/C20H21N3O4S2/c1-20(2,3)15-8-21-17(27-15)10-28-18-9-22-19(29-18)23-16(24)7-12-4-5-13-14(6-12)26-11-25-13/h4-6,8-9H,7,10-11H2,1-3H3,(H,22,23,24). The number of hydrogen-bond acceptors (Lipinski definition) is 8. The molecule has 2 aromatic heterocycles. The molecule has 0 radical (unpaired) electrons. The van der Waals surface area contributed by atoms with Crippen LogP contribution in [0.2, 0.25) is 0 Å². The maximum absolute atomic E-state index is 12.3. The number of thiazole rings is 1. The normalized spacial score (nSPS) is 12.9. The largest absolute Gasteiger partial charge is 0.454 e. The molecular formula is C20H21N3O4S2. The number of nitrogens with one attached hydrogen (secondary N) is 1. The van der Waals surface area contributed by atoms with E-state index in [1.54, 1.807) is 24.2 Å². The van der Waals surface area contributed by atoms with Crippen molar-refractivity contribution in [1.29, 1.82) is 0 Å². The molecule has 0 bridgehead atoms. The molecule has 9 heteroatoms. The van der Waals surface area contributed by atoms with Gasteiger partial charge < -0.3 is 19.2 Å². The van der Waals surface area contributed by atoms with Gasteiger partial charge in [-0.15, -0.1) is 11.8 Å². The number of hydrogen-bond donors (Lipinski definition) is 1. The quantitative estimate of drug-likeness (QED) is 0.569. The molecule has 0 fully saturated rings. The summed E-state index contributed by atoms with van der Waals surface area (Å²) in [7, 11) is 0. The maximum atomic E-state index is 12.3. The molecule has 1 N–H and O–H groups in total. The SMILES string of the molecule is CC(C)(C)c1cnc(CSc2cnc(NC(=O)Cc3ccc4c(c3)OCO4)s2)o1. The van der Waals surface area contributed by atoms with Crippen molar-refractivity contribution in [1.82, 2.24) is 9.97 Å². The summed E-state index contributed by atoms with van der Waals surface area (Å²) < 4.78 is 17.4. The number of oxazole rings is 1. The van der Waals surface area contributed by atoms with Crippen molar-refractivity contribution < 1.29 is 18.7 Å². The molecule has 4 rings (SSSR count). The van der Waals surface area contributed by atoms with E-state index in [9.17, 15) is 4.79 Å². The molecule has 0 saturated heterocycles. The second-order valence-electron chi connectivity index (χ2n) is 7.55. The lowest BCUT2D eigenvalue weighted by molar-refractivity contribution is -0.115. The van der Waals surface area contributed by atoms with Crippen molar-refractivity contribution in [2.75, 3.05) is 12.1 Å². The Morgan fingerprint density at radius 1 is 1.21 bits per heavy atom. The van der Waals surface area contributed by atoms with Crippen molar-refractivity contribution in [2.45, 2.75) is 42.6 Å². The molecule has 3 aromatic rings. The number of ether oxygens (including phenoxy) is 2. The fraction of sp³-hybridized carbons (Fsp3) is 0.350. The minimum Gasteiger partial charge on any atom is -0.454 e. The number of aromatic nitrogens is 2. The molecule has 0 unspecified atom stereocenters. The third-order valence-electron chi connectivity index (χ3n) is 4.16. The molecule has 29 heavy (non-hydrogen) atoms. The van der Waals surface area contributed by atoms with Crippen LogP contribution in [0, 0.1) is 0 Å². The zero-order valence-electron chi connectivity index (χ0n) is 16.4. The van der Waals surface area contributed by atoms with Crippen LogP contribution in [-0.4, -0.2) is 22.7 Å². The van der Waals surface area contributed by atoms with Gasteiger partial charge in [0.25, 0.3) is 0 Å². The van der Waals surface area contributed by atoms with Crippen LogP contribution >= 0.6 is 23.1 Å². The Bertz CT molecular complexity index is 1020. The minimum absolute atomic E-state index is 0.0597. The van der Waals surface area contributed by atoms with Gasteiger partial charge in [0, 0.05) is 5.41 Å². The number of amides is 1. The van der Waals surface area contributed by atoms with Crippen LogP contribution in [0.3, 0.4) is 0 Å². The van der Waals surface area contributed by atoms with Gasteiger partial charge in [0.1, 0.15) is 5.76 Å². The summed E-state index contributed by atoms with van der Waals surface area (Å²) in [5.74, 6) is 3.41. The van der Waals surface area contributed by atoms with Crippen molar-refractivity contribution in [3.63, 3.8) is 0 Å². The number of nitrogens with zero attached hydrogens (tertiary/aromatic N) is 2. The smallest absolute Gasteiger partial charge is 0.231 e. The summed E-state index contributed by atoms with van der Waals surface area (Å²) in [6, 6.07) is 5.50. The predicted molar refractivity (Wildman–Crippen MR) is 112 cm³/mol. The highest BCUT2D eigenvalue weighted by atomic mass is 32.2. The van der Waals surface area contributed by atoms with Crippen LogP contribution in [-0.2, 0) is 22.4 Å². The van der Waals surface area contributed by atoms with Crippen molar-refractivity contribution >= 4 is 34.1 Å². The van der Waals surface area contributed by atoms with Crippen molar-refractivity contribution in [2.24, 2.45) is 0 Å². The number of fused-ring (bicyclic) bond motifs is 1. The van der Waals surface area contributed by atoms with Gasteiger partial charge in [-0.05, 0) is 17.7 Å². The van der Waals surface area contributed by atoms with E-state index in [2.05, 4.69) is 36.1 Å². The van der Waals surface area contributed by atoms with Gasteiger partial charge in [-0.3, -0.25) is 4.79 Å². The lowest BCUT2D eigenvalue weighted by Gasteiger charge is -2.12. The number of thioether (sulfide) groups is 1. The molecule has 0 spiro atoms. The third kappa shape index (κ3) is 4.91. The topological polar surface area (TPSA) is 86.5 Å². The first-order chi connectivity index (χ1) is 13.9. The first-order valence-corrected chi connectivity index (χ1v) is 10.9. The monoisotopic (exact) mass is 431 g/mol. The van der Waals surface area contributed by atoms with Crippen LogP contribution in [0.25, 0.3) is 0 Å². The van der Waals surface area contributed by atoms with E-state index in [-0.39, 0.29) is 24.5 Å². The highest BCUT2D eigenvalue weighted by Gasteiger charge is 2.19. The summed E-state index contributed by atoms with van der Waals surface area (Å²) in [4.78, 5) is 20.9. The van der Waals surface area contributed by atoms with E-state index < -0.39 is 0 Å². The Balaban J connectivity index is 1.29. The lowest BCUT2D eigenvalue weighted by Crippen LogP contribution is -2.14. The van der Waals surface area contributed by atoms with Crippen LogP contribution in [0.4, 0.5) is 5.13 Å². The highest BCUT2D eigenvalue weighted by Crippen LogP contribution is 2.33.